The molecule has 31 heavy (non-hydrogen) atoms. The van der Waals surface area contributed by atoms with Gasteiger partial charge in [-0.1, -0.05) is 25.8 Å². The van der Waals surface area contributed by atoms with Crippen LogP contribution in [0.5, 0.6) is 0 Å². The summed E-state index contributed by atoms with van der Waals surface area (Å²) in [7, 11) is -0.0104. The van der Waals surface area contributed by atoms with Crippen LogP contribution in [0.1, 0.15) is 88.2 Å². The predicted molar refractivity (Wildman–Crippen MR) is 116 cm³/mol. The molecule has 1 nitrogen and oxygen atoms in total. The largest absolute Gasteiger partial charge is 0.422 e. The molecular weight excluding hydrogens is 427 g/mol. The fraction of sp³-hybridized carbons (Fsp3) is 0.750. The van der Waals surface area contributed by atoms with Gasteiger partial charge in [-0.15, -0.1) is 0 Å². The van der Waals surface area contributed by atoms with Crippen LogP contribution in [0.2, 0.25) is 6.04 Å². The van der Waals surface area contributed by atoms with Crippen molar-refractivity contribution in [3.05, 3.63) is 34.9 Å². The van der Waals surface area contributed by atoms with Crippen molar-refractivity contribution >= 4 is 9.52 Å². The van der Waals surface area contributed by atoms with Gasteiger partial charge in [-0.05, 0) is 86.8 Å². The monoisotopic (exact) mass is 462 g/mol. The van der Waals surface area contributed by atoms with Gasteiger partial charge in [0.15, 0.2) is 0 Å². The summed E-state index contributed by atoms with van der Waals surface area (Å²) >= 11 is 0. The summed E-state index contributed by atoms with van der Waals surface area (Å²) in [4.78, 5) is 0. The maximum atomic E-state index is 13.9. The van der Waals surface area contributed by atoms with Gasteiger partial charge in [-0.3, -0.25) is 0 Å². The molecule has 0 aromatic heterocycles. The summed E-state index contributed by atoms with van der Waals surface area (Å²) in [5.74, 6) is -1.66. The minimum absolute atomic E-state index is 0.0104. The molecule has 2 fully saturated rings. The van der Waals surface area contributed by atoms with Gasteiger partial charge in [0, 0.05) is 6.23 Å². The van der Waals surface area contributed by atoms with Gasteiger partial charge in [0.1, 0.15) is 17.2 Å². The quantitative estimate of drug-likeness (QED) is 0.226. The Bertz CT molecular complexity index is 669. The maximum Gasteiger partial charge on any atom is 0.422 e. The number of halogens is 5. The van der Waals surface area contributed by atoms with Gasteiger partial charge < -0.3 is 4.74 Å². The third-order valence-electron chi connectivity index (χ3n) is 7.29. The first-order chi connectivity index (χ1) is 14.8. The molecule has 0 N–H and O–H groups in total. The van der Waals surface area contributed by atoms with Crippen molar-refractivity contribution in [2.75, 3.05) is 6.23 Å². The van der Waals surface area contributed by atoms with E-state index in [-0.39, 0.29) is 15.4 Å². The molecule has 176 valence electrons. The Morgan fingerprint density at radius 2 is 1.39 bits per heavy atom. The molecule has 0 aliphatic heterocycles. The maximum absolute atomic E-state index is 13.9. The molecule has 0 spiro atoms. The average Bonchev–Trinajstić information content (AvgIpc) is 2.72. The van der Waals surface area contributed by atoms with Crippen LogP contribution >= 0.6 is 0 Å². The molecule has 1 aromatic carbocycles. The van der Waals surface area contributed by atoms with Gasteiger partial charge in [0.25, 0.3) is 0 Å². The smallest absolute Gasteiger partial charge is 0.382 e. The zero-order valence-corrected chi connectivity index (χ0v) is 19.9. The lowest BCUT2D eigenvalue weighted by Gasteiger charge is -2.32. The van der Waals surface area contributed by atoms with E-state index >= 15 is 0 Å². The molecule has 1 aromatic rings. The standard InChI is InChI=1S/C24H35F5OSi/c1-2-31-15-30-20-11-7-17(8-12-20)4-3-16-5-9-18(10-6-16)19-13-21(25)23(22(26)14-19)24(27,28)29/h13-14,16-18,20H,2-12,15,31H2,1H3/t16-,17-,18-,20-. The molecule has 7 heteroatoms. The molecule has 0 bridgehead atoms. The Labute approximate surface area is 185 Å². The number of alkyl halides is 3. The third kappa shape index (κ3) is 7.01. The molecule has 0 radical (unpaired) electrons. The van der Waals surface area contributed by atoms with Crippen molar-refractivity contribution < 1.29 is 26.7 Å². The number of hydrogen-bond acceptors (Lipinski definition) is 1. The highest BCUT2D eigenvalue weighted by molar-refractivity contribution is 6.34. The normalized spacial score (nSPS) is 27.8. The molecule has 0 atom stereocenters. The summed E-state index contributed by atoms with van der Waals surface area (Å²) in [5, 5.41) is 0. The first-order valence-corrected chi connectivity index (χ1v) is 14.0. The van der Waals surface area contributed by atoms with Crippen LogP contribution in [-0.4, -0.2) is 21.9 Å². The van der Waals surface area contributed by atoms with E-state index in [1.54, 1.807) is 0 Å². The zero-order valence-electron chi connectivity index (χ0n) is 18.5. The number of rotatable bonds is 8. The van der Waals surface area contributed by atoms with Crippen LogP contribution in [0.25, 0.3) is 0 Å². The molecule has 0 unspecified atom stereocenters. The second-order valence-electron chi connectivity index (χ2n) is 9.52. The minimum Gasteiger partial charge on any atom is -0.382 e. The zero-order chi connectivity index (χ0) is 22.4. The van der Waals surface area contributed by atoms with E-state index < -0.39 is 23.4 Å². The summed E-state index contributed by atoms with van der Waals surface area (Å²) in [5.41, 5.74) is -1.41. The lowest BCUT2D eigenvalue weighted by Crippen LogP contribution is -2.24. The van der Waals surface area contributed by atoms with Crippen LogP contribution in [0.15, 0.2) is 12.1 Å². The summed E-state index contributed by atoms with van der Waals surface area (Å²) < 4.78 is 72.2. The highest BCUT2D eigenvalue weighted by atomic mass is 28.2. The van der Waals surface area contributed by atoms with Crippen molar-refractivity contribution in [2.45, 2.75) is 95.4 Å². The first kappa shape index (κ1) is 24.7. The van der Waals surface area contributed by atoms with Crippen molar-refractivity contribution in [2.24, 2.45) is 11.8 Å². The van der Waals surface area contributed by atoms with Crippen molar-refractivity contribution in [1.29, 1.82) is 0 Å². The van der Waals surface area contributed by atoms with Crippen LogP contribution in [0.4, 0.5) is 22.0 Å². The third-order valence-corrected chi connectivity index (χ3v) is 8.53. The lowest BCUT2D eigenvalue weighted by molar-refractivity contribution is -0.142. The Kier molecular flexibility index (Phi) is 8.97. The topological polar surface area (TPSA) is 9.23 Å². The van der Waals surface area contributed by atoms with E-state index in [2.05, 4.69) is 6.92 Å². The second kappa shape index (κ2) is 11.3. The molecule has 0 heterocycles. The van der Waals surface area contributed by atoms with Crippen LogP contribution in [0.3, 0.4) is 0 Å². The van der Waals surface area contributed by atoms with Gasteiger partial charge in [0.05, 0.1) is 15.6 Å². The summed E-state index contributed by atoms with van der Waals surface area (Å²) in [6, 6.07) is 3.08. The Morgan fingerprint density at radius 1 is 0.871 bits per heavy atom. The van der Waals surface area contributed by atoms with E-state index in [9.17, 15) is 22.0 Å². The predicted octanol–water partition coefficient (Wildman–Crippen LogP) is 7.18. The first-order valence-electron chi connectivity index (χ1n) is 12.0. The Hall–Kier alpha value is -0.953. The highest BCUT2D eigenvalue weighted by Gasteiger charge is 2.38. The fourth-order valence-electron chi connectivity index (χ4n) is 5.34. The molecular formula is C24H35F5OSi. The molecule has 0 saturated heterocycles. The average molecular weight is 463 g/mol. The molecule has 2 saturated carbocycles. The molecule has 2 aliphatic rings. The number of benzene rings is 1. The SMILES string of the molecule is CC[SiH2]CO[C@H]1CC[C@H](CC[C@H]2CC[C@H](c3cc(F)c(C(F)(F)F)c(F)c3)CC2)CC1. The summed E-state index contributed by atoms with van der Waals surface area (Å²) in [6.45, 7) is 2.24. The van der Waals surface area contributed by atoms with E-state index in [4.69, 9.17) is 4.74 Å². The van der Waals surface area contributed by atoms with E-state index in [1.165, 1.54) is 44.6 Å². The number of hydrogen-bond donors (Lipinski definition) is 0. The van der Waals surface area contributed by atoms with Crippen molar-refractivity contribution in [3.8, 4) is 0 Å². The van der Waals surface area contributed by atoms with Gasteiger partial charge in [-0.2, -0.15) is 13.2 Å². The van der Waals surface area contributed by atoms with Gasteiger partial charge in [0.2, 0.25) is 0 Å². The van der Waals surface area contributed by atoms with Crippen molar-refractivity contribution in [1.82, 2.24) is 0 Å². The van der Waals surface area contributed by atoms with E-state index in [0.717, 1.165) is 50.0 Å². The van der Waals surface area contributed by atoms with E-state index in [1.807, 2.05) is 0 Å². The van der Waals surface area contributed by atoms with E-state index in [0.29, 0.717) is 17.6 Å². The molecule has 2 aliphatic carbocycles. The van der Waals surface area contributed by atoms with Crippen LogP contribution in [-0.2, 0) is 10.9 Å². The Morgan fingerprint density at radius 3 is 1.87 bits per heavy atom. The lowest BCUT2D eigenvalue weighted by atomic mass is 9.75. The molecule has 3 rings (SSSR count). The van der Waals surface area contributed by atoms with Gasteiger partial charge >= 0.3 is 6.18 Å². The van der Waals surface area contributed by atoms with Crippen molar-refractivity contribution in [3.63, 3.8) is 0 Å². The second-order valence-corrected chi connectivity index (χ2v) is 11.6. The highest BCUT2D eigenvalue weighted by Crippen LogP contribution is 2.41. The summed E-state index contributed by atoms with van der Waals surface area (Å²) in [6.07, 6.45) is 7.29. The fourth-order valence-corrected chi connectivity index (χ4v) is 6.13. The van der Waals surface area contributed by atoms with Crippen LogP contribution in [0, 0.1) is 23.5 Å². The minimum atomic E-state index is -5.01. The molecule has 0 amide bonds. The van der Waals surface area contributed by atoms with Crippen LogP contribution < -0.4 is 0 Å². The number of ether oxygens (including phenoxy) is 1. The Balaban J connectivity index is 1.41. The van der Waals surface area contributed by atoms with Gasteiger partial charge in [-0.25, -0.2) is 8.78 Å².